The Labute approximate surface area is 162 Å². The van der Waals surface area contributed by atoms with E-state index in [2.05, 4.69) is 15.5 Å². The third-order valence-electron chi connectivity index (χ3n) is 4.72. The van der Waals surface area contributed by atoms with Crippen LogP contribution in [0.25, 0.3) is 11.1 Å². The highest BCUT2D eigenvalue weighted by Crippen LogP contribution is 2.24. The molecule has 0 radical (unpaired) electrons. The fourth-order valence-corrected chi connectivity index (χ4v) is 3.21. The molecule has 0 atom stereocenters. The van der Waals surface area contributed by atoms with Crippen LogP contribution < -0.4 is 11.1 Å². The summed E-state index contributed by atoms with van der Waals surface area (Å²) in [6, 6.07) is 16.9. The van der Waals surface area contributed by atoms with Crippen molar-refractivity contribution in [3.63, 3.8) is 0 Å². The van der Waals surface area contributed by atoms with E-state index in [-0.39, 0.29) is 5.82 Å². The Morgan fingerprint density at radius 1 is 1.11 bits per heavy atom. The van der Waals surface area contributed by atoms with Crippen molar-refractivity contribution in [1.82, 2.24) is 15.4 Å². The lowest BCUT2D eigenvalue weighted by Gasteiger charge is -2.25. The summed E-state index contributed by atoms with van der Waals surface area (Å²) in [5.74, 6) is 1.00. The van der Waals surface area contributed by atoms with E-state index in [1.54, 1.807) is 6.07 Å². The standard InChI is InChI=1S/C21H22FN5O/c22-20-10-15(7-9-19(20)16-4-2-1-3-5-16)6-8-17-11-18(28-26-17)12-27-14-24-13-25-21(27)23/h1-5,7,9-11,24H,6,8,12-14H2,(H2,23,25). The molecule has 0 unspecified atom stereocenters. The van der Waals surface area contributed by atoms with E-state index in [0.717, 1.165) is 22.6 Å². The Hall–Kier alpha value is -3.19. The van der Waals surface area contributed by atoms with Crippen LogP contribution in [0.2, 0.25) is 0 Å². The molecule has 6 nitrogen and oxygen atoms in total. The van der Waals surface area contributed by atoms with Crippen molar-refractivity contribution in [3.8, 4) is 11.1 Å². The lowest BCUT2D eigenvalue weighted by Crippen LogP contribution is -2.46. The molecule has 0 saturated heterocycles. The lowest BCUT2D eigenvalue weighted by molar-refractivity contribution is 0.292. The number of rotatable bonds is 6. The summed E-state index contributed by atoms with van der Waals surface area (Å²) < 4.78 is 19.9. The molecule has 3 N–H and O–H groups in total. The molecule has 4 rings (SSSR count). The maximum Gasteiger partial charge on any atom is 0.194 e. The van der Waals surface area contributed by atoms with Crippen molar-refractivity contribution in [2.75, 3.05) is 13.3 Å². The molecule has 3 aromatic rings. The van der Waals surface area contributed by atoms with Gasteiger partial charge in [-0.15, -0.1) is 0 Å². The van der Waals surface area contributed by atoms with Crippen LogP contribution in [-0.4, -0.2) is 29.4 Å². The third-order valence-corrected chi connectivity index (χ3v) is 4.72. The highest BCUT2D eigenvalue weighted by atomic mass is 19.1. The summed E-state index contributed by atoms with van der Waals surface area (Å²) in [5, 5.41) is 7.23. The Bertz CT molecular complexity index is 970. The van der Waals surface area contributed by atoms with Gasteiger partial charge in [-0.1, -0.05) is 47.6 Å². The summed E-state index contributed by atoms with van der Waals surface area (Å²) in [7, 11) is 0. The molecule has 0 spiro atoms. The zero-order chi connectivity index (χ0) is 19.3. The minimum Gasteiger partial charge on any atom is -0.370 e. The number of nitrogens with zero attached hydrogens (tertiary/aromatic N) is 3. The number of aromatic nitrogens is 1. The first-order chi connectivity index (χ1) is 13.7. The smallest absolute Gasteiger partial charge is 0.194 e. The minimum absolute atomic E-state index is 0.211. The average molecular weight is 379 g/mol. The van der Waals surface area contributed by atoms with Gasteiger partial charge in [0.05, 0.1) is 25.6 Å². The van der Waals surface area contributed by atoms with Crippen molar-refractivity contribution < 1.29 is 8.91 Å². The summed E-state index contributed by atoms with van der Waals surface area (Å²) >= 11 is 0. The van der Waals surface area contributed by atoms with Gasteiger partial charge >= 0.3 is 0 Å². The first-order valence-electron chi connectivity index (χ1n) is 9.23. The Balaban J connectivity index is 1.37. The highest BCUT2D eigenvalue weighted by Gasteiger charge is 2.15. The molecule has 28 heavy (non-hydrogen) atoms. The fourth-order valence-electron chi connectivity index (χ4n) is 3.21. The molecule has 7 heteroatoms. The Morgan fingerprint density at radius 3 is 2.75 bits per heavy atom. The van der Waals surface area contributed by atoms with Crippen LogP contribution in [0.3, 0.4) is 0 Å². The van der Waals surface area contributed by atoms with Crippen LogP contribution in [-0.2, 0) is 19.4 Å². The van der Waals surface area contributed by atoms with E-state index >= 15 is 0 Å². The van der Waals surface area contributed by atoms with Crippen molar-refractivity contribution in [3.05, 3.63) is 77.4 Å². The van der Waals surface area contributed by atoms with Crippen LogP contribution in [0.1, 0.15) is 17.0 Å². The van der Waals surface area contributed by atoms with Gasteiger partial charge in [0, 0.05) is 11.6 Å². The van der Waals surface area contributed by atoms with Crippen LogP contribution in [0.15, 0.2) is 64.1 Å². The van der Waals surface area contributed by atoms with Gasteiger partial charge in [0.2, 0.25) is 0 Å². The molecule has 2 aromatic carbocycles. The quantitative estimate of drug-likeness (QED) is 0.688. The molecule has 0 saturated carbocycles. The average Bonchev–Trinajstić information content (AvgIpc) is 3.16. The SMILES string of the molecule is NC1=NCNCN1Cc1cc(CCc2ccc(-c3ccccc3)c(F)c2)no1. The van der Waals surface area contributed by atoms with Gasteiger partial charge in [0.25, 0.3) is 0 Å². The number of aliphatic imine (C=N–C) groups is 1. The summed E-state index contributed by atoms with van der Waals surface area (Å²) in [4.78, 5) is 6.02. The van der Waals surface area contributed by atoms with Gasteiger partial charge in [-0.3, -0.25) is 5.32 Å². The summed E-state index contributed by atoms with van der Waals surface area (Å²) in [6.45, 7) is 1.66. The van der Waals surface area contributed by atoms with Crippen molar-refractivity contribution >= 4 is 5.96 Å². The number of hydrogen-bond donors (Lipinski definition) is 2. The second kappa shape index (κ2) is 8.22. The first-order valence-corrected chi connectivity index (χ1v) is 9.23. The van der Waals surface area contributed by atoms with Crippen LogP contribution >= 0.6 is 0 Å². The van der Waals surface area contributed by atoms with Crippen LogP contribution in [0.4, 0.5) is 4.39 Å². The number of halogens is 1. The first kappa shape index (κ1) is 18.2. The molecule has 144 valence electrons. The van der Waals surface area contributed by atoms with E-state index < -0.39 is 0 Å². The van der Waals surface area contributed by atoms with Crippen LogP contribution in [0.5, 0.6) is 0 Å². The van der Waals surface area contributed by atoms with Crippen molar-refractivity contribution in [1.29, 1.82) is 0 Å². The molecule has 0 aliphatic carbocycles. The monoisotopic (exact) mass is 379 g/mol. The number of nitrogens with two attached hydrogens (primary N) is 1. The molecule has 1 aromatic heterocycles. The zero-order valence-corrected chi connectivity index (χ0v) is 15.4. The highest BCUT2D eigenvalue weighted by molar-refractivity contribution is 5.78. The molecule has 1 aliphatic heterocycles. The van der Waals surface area contributed by atoms with Gasteiger partial charge < -0.3 is 15.2 Å². The van der Waals surface area contributed by atoms with E-state index in [1.807, 2.05) is 53.4 Å². The van der Waals surface area contributed by atoms with E-state index in [9.17, 15) is 4.39 Å². The summed E-state index contributed by atoms with van der Waals surface area (Å²) in [6.07, 6.45) is 1.36. The number of nitrogens with one attached hydrogen (secondary N) is 1. The van der Waals surface area contributed by atoms with Gasteiger partial charge in [0.15, 0.2) is 11.7 Å². The molecular formula is C21H22FN5O. The number of benzene rings is 2. The second-order valence-electron chi connectivity index (χ2n) is 6.75. The Kier molecular flexibility index (Phi) is 5.34. The summed E-state index contributed by atoms with van der Waals surface area (Å²) in [5.41, 5.74) is 9.13. The molecule has 1 aliphatic rings. The van der Waals surface area contributed by atoms with Gasteiger partial charge in [-0.05, 0) is 30.0 Å². The number of guanidine groups is 1. The molecule has 0 fully saturated rings. The molecular weight excluding hydrogens is 357 g/mol. The maximum absolute atomic E-state index is 14.5. The van der Waals surface area contributed by atoms with Gasteiger partial charge in [0.1, 0.15) is 5.82 Å². The number of hydrogen-bond acceptors (Lipinski definition) is 6. The van der Waals surface area contributed by atoms with Crippen molar-refractivity contribution in [2.45, 2.75) is 19.4 Å². The van der Waals surface area contributed by atoms with E-state index in [0.29, 0.717) is 44.2 Å². The molecule has 0 amide bonds. The maximum atomic E-state index is 14.5. The largest absolute Gasteiger partial charge is 0.370 e. The number of aryl methyl sites for hydroxylation is 2. The predicted molar refractivity (Wildman–Crippen MR) is 106 cm³/mol. The molecule has 2 heterocycles. The minimum atomic E-state index is -0.211. The van der Waals surface area contributed by atoms with Crippen LogP contribution in [0, 0.1) is 5.82 Å². The van der Waals surface area contributed by atoms with E-state index in [1.165, 1.54) is 0 Å². The molecule has 0 bridgehead atoms. The normalized spacial score (nSPS) is 14.2. The second-order valence-corrected chi connectivity index (χ2v) is 6.75. The lowest BCUT2D eigenvalue weighted by atomic mass is 10.0. The van der Waals surface area contributed by atoms with Gasteiger partial charge in [-0.2, -0.15) is 0 Å². The fraction of sp³-hybridized carbons (Fsp3) is 0.238. The third kappa shape index (κ3) is 4.20. The van der Waals surface area contributed by atoms with Crippen molar-refractivity contribution in [2.24, 2.45) is 10.7 Å². The topological polar surface area (TPSA) is 79.7 Å². The Morgan fingerprint density at radius 2 is 1.96 bits per heavy atom. The predicted octanol–water partition coefficient (Wildman–Crippen LogP) is 2.90. The zero-order valence-electron chi connectivity index (χ0n) is 15.4. The van der Waals surface area contributed by atoms with E-state index in [4.69, 9.17) is 10.3 Å². The van der Waals surface area contributed by atoms with Gasteiger partial charge in [-0.25, -0.2) is 9.38 Å².